The molecule has 2 heterocycles. The molecule has 0 spiro atoms. The second kappa shape index (κ2) is 8.54. The maximum Gasteiger partial charge on any atom is 0.187 e. The van der Waals surface area contributed by atoms with Crippen LogP contribution in [-0.4, -0.2) is 28.8 Å². The molecule has 0 amide bonds. The Kier molecular flexibility index (Phi) is 5.44. The molecule has 0 bridgehead atoms. The van der Waals surface area contributed by atoms with E-state index in [1.165, 1.54) is 23.5 Å². The first-order chi connectivity index (χ1) is 15.7. The maximum absolute atomic E-state index is 13.6. The van der Waals surface area contributed by atoms with Gasteiger partial charge in [0.05, 0.1) is 24.4 Å². The summed E-state index contributed by atoms with van der Waals surface area (Å²) in [6.07, 6.45) is 0. The molecule has 4 nitrogen and oxygen atoms in total. The Morgan fingerprint density at radius 3 is 2.41 bits per heavy atom. The van der Waals surface area contributed by atoms with Crippen molar-refractivity contribution < 1.29 is 9.50 Å². The normalized spacial score (nSPS) is 19.9. The van der Waals surface area contributed by atoms with E-state index in [2.05, 4.69) is 6.07 Å². The summed E-state index contributed by atoms with van der Waals surface area (Å²) >= 11 is 1.48. The number of nitriles is 1. The van der Waals surface area contributed by atoms with Crippen molar-refractivity contribution in [3.8, 4) is 28.5 Å². The van der Waals surface area contributed by atoms with E-state index in [4.69, 9.17) is 4.98 Å². The van der Waals surface area contributed by atoms with Crippen LogP contribution in [0.1, 0.15) is 11.5 Å². The summed E-state index contributed by atoms with van der Waals surface area (Å²) in [7, 11) is 0. The highest BCUT2D eigenvalue weighted by Crippen LogP contribution is 2.45. The van der Waals surface area contributed by atoms with Gasteiger partial charge in [-0.3, -0.25) is 0 Å². The van der Waals surface area contributed by atoms with Gasteiger partial charge < -0.3 is 10.0 Å². The molecule has 32 heavy (non-hydrogen) atoms. The summed E-state index contributed by atoms with van der Waals surface area (Å²) in [5.74, 6) is -0.403. The van der Waals surface area contributed by atoms with Gasteiger partial charge in [0.25, 0.3) is 0 Å². The zero-order chi connectivity index (χ0) is 22.1. The van der Waals surface area contributed by atoms with Crippen LogP contribution in [-0.2, 0) is 0 Å². The van der Waals surface area contributed by atoms with Crippen LogP contribution in [0.3, 0.4) is 0 Å². The Balaban J connectivity index is 1.41. The fourth-order valence-electron chi connectivity index (χ4n) is 4.36. The highest BCUT2D eigenvalue weighted by Gasteiger charge is 2.50. The van der Waals surface area contributed by atoms with Gasteiger partial charge in [-0.1, -0.05) is 66.7 Å². The minimum atomic E-state index is -0.415. The van der Waals surface area contributed by atoms with Crippen LogP contribution < -0.4 is 4.90 Å². The van der Waals surface area contributed by atoms with Gasteiger partial charge >= 0.3 is 0 Å². The zero-order valence-electron chi connectivity index (χ0n) is 17.1. The fraction of sp³-hybridized carbons (Fsp3) is 0.154. The Labute approximate surface area is 189 Å². The third kappa shape index (κ3) is 3.56. The molecule has 1 aliphatic rings. The fourth-order valence-corrected chi connectivity index (χ4v) is 5.29. The smallest absolute Gasteiger partial charge is 0.187 e. The molecule has 1 fully saturated rings. The van der Waals surface area contributed by atoms with Crippen molar-refractivity contribution in [2.45, 2.75) is 18.0 Å². The molecule has 1 aliphatic heterocycles. The number of rotatable bonds is 5. The van der Waals surface area contributed by atoms with Gasteiger partial charge in [0.15, 0.2) is 5.13 Å². The first-order valence-corrected chi connectivity index (χ1v) is 11.2. The van der Waals surface area contributed by atoms with Gasteiger partial charge in [-0.15, -0.1) is 11.3 Å². The molecule has 4 aromatic rings. The summed E-state index contributed by atoms with van der Waals surface area (Å²) in [4.78, 5) is 6.65. The third-order valence-electron chi connectivity index (χ3n) is 5.97. The molecular formula is C26H20FN3OS. The first kappa shape index (κ1) is 20.4. The topological polar surface area (TPSA) is 60.1 Å². The third-order valence-corrected chi connectivity index (χ3v) is 6.82. The van der Waals surface area contributed by atoms with Crippen LogP contribution in [0.2, 0.25) is 0 Å². The maximum atomic E-state index is 13.6. The van der Waals surface area contributed by atoms with Crippen molar-refractivity contribution in [3.63, 3.8) is 0 Å². The summed E-state index contributed by atoms with van der Waals surface area (Å²) in [5, 5.41) is 22.8. The highest BCUT2D eigenvalue weighted by molar-refractivity contribution is 7.14. The standard InChI is InChI=1S/C26H20FN3OS/c27-21-8-4-7-20(13-21)17-9-11-19(12-10-17)25-23(14-28)30(24(25)15-31)26-29-22(16-32-26)18-5-2-1-3-6-18/h1-13,16,23-25,31H,15H2/t23-,24-,25-/m0/s1. The largest absolute Gasteiger partial charge is 0.394 e. The van der Waals surface area contributed by atoms with Crippen LogP contribution in [0.25, 0.3) is 22.4 Å². The summed E-state index contributed by atoms with van der Waals surface area (Å²) in [5.41, 5.74) is 4.58. The van der Waals surface area contributed by atoms with E-state index in [1.807, 2.05) is 70.9 Å². The summed E-state index contributed by atoms with van der Waals surface area (Å²) < 4.78 is 13.6. The molecular weight excluding hydrogens is 421 g/mol. The minimum Gasteiger partial charge on any atom is -0.394 e. The van der Waals surface area contributed by atoms with E-state index in [0.717, 1.165) is 33.1 Å². The Morgan fingerprint density at radius 2 is 1.72 bits per heavy atom. The second-order valence-electron chi connectivity index (χ2n) is 7.77. The number of benzene rings is 3. The average Bonchev–Trinajstić information content (AvgIpc) is 3.29. The monoisotopic (exact) mass is 441 g/mol. The predicted molar refractivity (Wildman–Crippen MR) is 125 cm³/mol. The average molecular weight is 442 g/mol. The lowest BCUT2D eigenvalue weighted by Crippen LogP contribution is -2.63. The van der Waals surface area contributed by atoms with Gasteiger partial charge in [-0.25, -0.2) is 9.37 Å². The number of aliphatic hydroxyl groups excluding tert-OH is 1. The quantitative estimate of drug-likeness (QED) is 0.446. The van der Waals surface area contributed by atoms with Crippen molar-refractivity contribution in [1.82, 2.24) is 4.98 Å². The molecule has 1 N–H and O–H groups in total. The van der Waals surface area contributed by atoms with Crippen LogP contribution in [0.5, 0.6) is 0 Å². The summed E-state index contributed by atoms with van der Waals surface area (Å²) in [6.45, 7) is -0.0747. The van der Waals surface area contributed by atoms with Gasteiger partial charge in [0.2, 0.25) is 0 Å². The lowest BCUT2D eigenvalue weighted by molar-refractivity contribution is 0.187. The molecule has 1 aromatic heterocycles. The molecule has 0 unspecified atom stereocenters. The van der Waals surface area contributed by atoms with Gasteiger partial charge in [0, 0.05) is 16.9 Å². The van der Waals surface area contributed by atoms with Crippen molar-refractivity contribution >= 4 is 16.5 Å². The molecule has 3 atom stereocenters. The number of aromatic nitrogens is 1. The number of anilines is 1. The van der Waals surface area contributed by atoms with Crippen LogP contribution in [0.4, 0.5) is 9.52 Å². The molecule has 0 saturated carbocycles. The number of hydrogen-bond acceptors (Lipinski definition) is 5. The molecule has 158 valence electrons. The predicted octanol–water partition coefficient (Wildman–Crippen LogP) is 5.47. The first-order valence-electron chi connectivity index (χ1n) is 10.4. The van der Waals surface area contributed by atoms with E-state index in [-0.39, 0.29) is 24.4 Å². The van der Waals surface area contributed by atoms with E-state index >= 15 is 0 Å². The number of aliphatic hydroxyl groups is 1. The van der Waals surface area contributed by atoms with E-state index in [0.29, 0.717) is 0 Å². The zero-order valence-corrected chi connectivity index (χ0v) is 17.9. The van der Waals surface area contributed by atoms with Crippen LogP contribution in [0, 0.1) is 17.1 Å². The van der Waals surface area contributed by atoms with E-state index < -0.39 is 6.04 Å². The van der Waals surface area contributed by atoms with Gasteiger partial charge in [-0.05, 0) is 28.8 Å². The van der Waals surface area contributed by atoms with Crippen LogP contribution >= 0.6 is 11.3 Å². The molecule has 0 radical (unpaired) electrons. The van der Waals surface area contributed by atoms with Crippen molar-refractivity contribution in [3.05, 3.63) is 95.6 Å². The van der Waals surface area contributed by atoms with E-state index in [1.54, 1.807) is 6.07 Å². The van der Waals surface area contributed by atoms with Gasteiger partial charge in [-0.2, -0.15) is 5.26 Å². The SMILES string of the molecule is N#C[C@H]1[C@H](c2ccc(-c3cccc(F)c3)cc2)[C@H](CO)N1c1nc(-c2ccccc2)cs1. The molecule has 5 rings (SSSR count). The van der Waals surface area contributed by atoms with Crippen molar-refractivity contribution in [2.75, 3.05) is 11.5 Å². The lowest BCUT2D eigenvalue weighted by Gasteiger charge is -2.51. The number of nitrogens with zero attached hydrogens (tertiary/aromatic N) is 3. The van der Waals surface area contributed by atoms with Crippen molar-refractivity contribution in [1.29, 1.82) is 5.26 Å². The van der Waals surface area contributed by atoms with Crippen LogP contribution in [0.15, 0.2) is 84.2 Å². The number of hydrogen-bond donors (Lipinski definition) is 1. The Morgan fingerprint density at radius 1 is 0.969 bits per heavy atom. The number of halogens is 1. The second-order valence-corrected chi connectivity index (χ2v) is 8.61. The minimum absolute atomic E-state index is 0.0747. The van der Waals surface area contributed by atoms with Crippen molar-refractivity contribution in [2.24, 2.45) is 0 Å². The molecule has 1 saturated heterocycles. The summed E-state index contributed by atoms with van der Waals surface area (Å²) in [6, 6.07) is 25.9. The Hall–Kier alpha value is -3.53. The highest BCUT2D eigenvalue weighted by atomic mass is 32.1. The Bertz CT molecular complexity index is 1270. The lowest BCUT2D eigenvalue weighted by atomic mass is 9.76. The molecule has 3 aromatic carbocycles. The van der Waals surface area contributed by atoms with E-state index in [9.17, 15) is 14.8 Å². The molecule has 0 aliphatic carbocycles. The van der Waals surface area contributed by atoms with Gasteiger partial charge in [0.1, 0.15) is 11.9 Å². The molecule has 6 heteroatoms. The number of thiazole rings is 1.